The summed E-state index contributed by atoms with van der Waals surface area (Å²) in [4.78, 5) is 4.79. The molecule has 0 bridgehead atoms. The fraction of sp³-hybridized carbons (Fsp3) is 0.235. The molecule has 102 valence electrons. The molecule has 20 heavy (non-hydrogen) atoms. The van der Waals surface area contributed by atoms with Crippen LogP contribution in [-0.2, 0) is 0 Å². The van der Waals surface area contributed by atoms with Crippen LogP contribution in [0.3, 0.4) is 0 Å². The van der Waals surface area contributed by atoms with Crippen LogP contribution in [0.15, 0.2) is 54.6 Å². The lowest BCUT2D eigenvalue weighted by Crippen LogP contribution is -2.24. The van der Waals surface area contributed by atoms with Gasteiger partial charge in [-0.05, 0) is 31.2 Å². The predicted octanol–water partition coefficient (Wildman–Crippen LogP) is 3.48. The fourth-order valence-electron chi connectivity index (χ4n) is 2.43. The molecule has 1 aromatic heterocycles. The second-order valence-electron chi connectivity index (χ2n) is 5.28. The van der Waals surface area contributed by atoms with Crippen LogP contribution in [0.4, 0.5) is 0 Å². The van der Waals surface area contributed by atoms with Crippen LogP contribution < -0.4 is 5.73 Å². The summed E-state index contributed by atoms with van der Waals surface area (Å²) in [5, 5.41) is 0. The average Bonchev–Trinajstić information content (AvgIpc) is 2.86. The number of hydrogen-bond donors (Lipinski definition) is 1. The first-order chi connectivity index (χ1) is 9.68. The number of aromatic nitrogens is 2. The van der Waals surface area contributed by atoms with Crippen molar-refractivity contribution in [2.45, 2.75) is 25.8 Å². The smallest absolute Gasteiger partial charge is 0.118 e. The molecule has 2 unspecified atom stereocenters. The summed E-state index contributed by atoms with van der Waals surface area (Å²) < 4.78 is 2.21. The SMILES string of the molecule is CC(N)C(C)c1nc2ccccc2n1-c1ccccc1. The van der Waals surface area contributed by atoms with E-state index in [1.807, 2.05) is 43.3 Å². The maximum absolute atomic E-state index is 6.08. The maximum Gasteiger partial charge on any atom is 0.118 e. The van der Waals surface area contributed by atoms with Crippen LogP contribution in [0.2, 0.25) is 0 Å². The number of rotatable bonds is 3. The van der Waals surface area contributed by atoms with Gasteiger partial charge in [-0.25, -0.2) is 4.98 Å². The van der Waals surface area contributed by atoms with E-state index in [9.17, 15) is 0 Å². The summed E-state index contributed by atoms with van der Waals surface area (Å²) >= 11 is 0. The van der Waals surface area contributed by atoms with Gasteiger partial charge in [0, 0.05) is 17.6 Å². The molecular weight excluding hydrogens is 246 g/mol. The van der Waals surface area contributed by atoms with Gasteiger partial charge in [-0.1, -0.05) is 37.3 Å². The van der Waals surface area contributed by atoms with Crippen LogP contribution in [0.1, 0.15) is 25.6 Å². The highest BCUT2D eigenvalue weighted by atomic mass is 15.1. The van der Waals surface area contributed by atoms with Gasteiger partial charge in [0.25, 0.3) is 0 Å². The summed E-state index contributed by atoms with van der Waals surface area (Å²) in [6.45, 7) is 4.16. The second kappa shape index (κ2) is 5.10. The van der Waals surface area contributed by atoms with Crippen molar-refractivity contribution in [1.29, 1.82) is 0 Å². The molecule has 0 aliphatic heterocycles. The molecule has 1 heterocycles. The molecular formula is C17H19N3. The molecule has 2 N–H and O–H groups in total. The van der Waals surface area contributed by atoms with Crippen molar-refractivity contribution < 1.29 is 0 Å². The monoisotopic (exact) mass is 265 g/mol. The Bertz CT molecular complexity index is 713. The third-order valence-electron chi connectivity index (χ3n) is 3.80. The van der Waals surface area contributed by atoms with Crippen molar-refractivity contribution >= 4 is 11.0 Å². The zero-order valence-corrected chi connectivity index (χ0v) is 11.8. The van der Waals surface area contributed by atoms with E-state index >= 15 is 0 Å². The zero-order valence-electron chi connectivity index (χ0n) is 11.8. The molecule has 3 aromatic rings. The summed E-state index contributed by atoms with van der Waals surface area (Å²) in [5.74, 6) is 1.22. The van der Waals surface area contributed by atoms with E-state index in [-0.39, 0.29) is 12.0 Å². The molecule has 3 rings (SSSR count). The van der Waals surface area contributed by atoms with Crippen LogP contribution in [0, 0.1) is 0 Å². The highest BCUT2D eigenvalue weighted by Gasteiger charge is 2.20. The summed E-state index contributed by atoms with van der Waals surface area (Å²) in [5.41, 5.74) is 9.35. The van der Waals surface area contributed by atoms with Gasteiger partial charge in [-0.3, -0.25) is 4.57 Å². The Labute approximate surface area is 119 Å². The lowest BCUT2D eigenvalue weighted by molar-refractivity contribution is 0.576. The minimum atomic E-state index is 0.0641. The molecule has 0 saturated carbocycles. The van der Waals surface area contributed by atoms with E-state index in [0.29, 0.717) is 0 Å². The van der Waals surface area contributed by atoms with Crippen molar-refractivity contribution in [3.05, 3.63) is 60.4 Å². The standard InChI is InChI=1S/C17H19N3/c1-12(13(2)18)17-19-15-10-6-7-11-16(15)20(17)14-8-4-3-5-9-14/h3-13H,18H2,1-2H3. The Morgan fingerprint density at radius 3 is 2.30 bits per heavy atom. The molecule has 2 aromatic carbocycles. The fourth-order valence-corrected chi connectivity index (χ4v) is 2.43. The third kappa shape index (κ3) is 2.10. The Hall–Kier alpha value is -2.13. The first-order valence-corrected chi connectivity index (χ1v) is 6.97. The molecule has 0 amide bonds. The Morgan fingerprint density at radius 1 is 0.950 bits per heavy atom. The average molecular weight is 265 g/mol. The molecule has 0 aliphatic rings. The molecule has 0 aliphatic carbocycles. The zero-order chi connectivity index (χ0) is 14.1. The number of para-hydroxylation sites is 3. The van der Waals surface area contributed by atoms with E-state index in [0.717, 1.165) is 22.5 Å². The lowest BCUT2D eigenvalue weighted by atomic mass is 10.0. The van der Waals surface area contributed by atoms with Crippen molar-refractivity contribution in [2.75, 3.05) is 0 Å². The summed E-state index contributed by atoms with van der Waals surface area (Å²) in [6, 6.07) is 18.6. The third-order valence-corrected chi connectivity index (χ3v) is 3.80. The van der Waals surface area contributed by atoms with Gasteiger partial charge in [-0.2, -0.15) is 0 Å². The largest absolute Gasteiger partial charge is 0.327 e. The number of fused-ring (bicyclic) bond motifs is 1. The van der Waals surface area contributed by atoms with Gasteiger partial charge in [-0.15, -0.1) is 0 Å². The van der Waals surface area contributed by atoms with E-state index in [2.05, 4.69) is 29.7 Å². The quantitative estimate of drug-likeness (QED) is 0.788. The molecule has 2 atom stereocenters. The Kier molecular flexibility index (Phi) is 3.28. The van der Waals surface area contributed by atoms with Gasteiger partial charge in [0.15, 0.2) is 0 Å². The van der Waals surface area contributed by atoms with Crippen LogP contribution in [0.5, 0.6) is 0 Å². The van der Waals surface area contributed by atoms with Crippen LogP contribution in [-0.4, -0.2) is 15.6 Å². The normalized spacial score (nSPS) is 14.3. The highest BCUT2D eigenvalue weighted by Crippen LogP contribution is 2.27. The molecule has 0 fully saturated rings. The molecule has 3 heteroatoms. The van der Waals surface area contributed by atoms with E-state index in [1.54, 1.807) is 0 Å². The molecule has 0 spiro atoms. The van der Waals surface area contributed by atoms with E-state index in [1.165, 1.54) is 0 Å². The van der Waals surface area contributed by atoms with Gasteiger partial charge in [0.05, 0.1) is 11.0 Å². The van der Waals surface area contributed by atoms with Gasteiger partial charge >= 0.3 is 0 Å². The highest BCUT2D eigenvalue weighted by molar-refractivity contribution is 5.78. The van der Waals surface area contributed by atoms with Crippen molar-refractivity contribution in [3.8, 4) is 5.69 Å². The lowest BCUT2D eigenvalue weighted by Gasteiger charge is -2.17. The number of benzene rings is 2. The van der Waals surface area contributed by atoms with Gasteiger partial charge < -0.3 is 5.73 Å². The van der Waals surface area contributed by atoms with E-state index < -0.39 is 0 Å². The minimum Gasteiger partial charge on any atom is -0.327 e. The molecule has 0 saturated heterocycles. The number of nitrogens with zero attached hydrogens (tertiary/aromatic N) is 2. The predicted molar refractivity (Wildman–Crippen MR) is 83.1 cm³/mol. The maximum atomic E-state index is 6.08. The number of hydrogen-bond acceptors (Lipinski definition) is 2. The second-order valence-corrected chi connectivity index (χ2v) is 5.28. The molecule has 3 nitrogen and oxygen atoms in total. The van der Waals surface area contributed by atoms with Gasteiger partial charge in [0.2, 0.25) is 0 Å². The van der Waals surface area contributed by atoms with E-state index in [4.69, 9.17) is 10.7 Å². The minimum absolute atomic E-state index is 0.0641. The van der Waals surface area contributed by atoms with Crippen LogP contribution >= 0.6 is 0 Å². The van der Waals surface area contributed by atoms with Crippen molar-refractivity contribution in [3.63, 3.8) is 0 Å². The number of imidazole rings is 1. The van der Waals surface area contributed by atoms with Crippen LogP contribution in [0.25, 0.3) is 16.7 Å². The summed E-state index contributed by atoms with van der Waals surface area (Å²) in [7, 11) is 0. The first kappa shape index (κ1) is 12.9. The first-order valence-electron chi connectivity index (χ1n) is 6.97. The van der Waals surface area contributed by atoms with Gasteiger partial charge in [0.1, 0.15) is 5.82 Å². The Balaban J connectivity index is 2.29. The van der Waals surface area contributed by atoms with Crippen molar-refractivity contribution in [2.24, 2.45) is 5.73 Å². The van der Waals surface area contributed by atoms with Crippen molar-refractivity contribution in [1.82, 2.24) is 9.55 Å². The number of nitrogens with two attached hydrogens (primary N) is 1. The molecule has 0 radical (unpaired) electrons. The Morgan fingerprint density at radius 2 is 1.60 bits per heavy atom. The topological polar surface area (TPSA) is 43.8 Å². The summed E-state index contributed by atoms with van der Waals surface area (Å²) in [6.07, 6.45) is 0.